The van der Waals surface area contributed by atoms with Crippen LogP contribution in [0.3, 0.4) is 0 Å². The number of likely N-dealkylation sites (N-methyl/N-ethyl adjacent to an activating group) is 1. The summed E-state index contributed by atoms with van der Waals surface area (Å²) in [7, 11) is 1.71. The molecule has 1 amide bonds. The molecule has 1 aromatic carbocycles. The van der Waals surface area contributed by atoms with Gasteiger partial charge in [0.05, 0.1) is 17.9 Å². The first-order valence-corrected chi connectivity index (χ1v) is 7.13. The van der Waals surface area contributed by atoms with E-state index in [1.807, 2.05) is 18.2 Å². The average molecular weight is 274 g/mol. The van der Waals surface area contributed by atoms with Crippen LogP contribution in [-0.4, -0.2) is 43.4 Å². The molecular formula is C15H18N2O3. The Hall–Kier alpha value is -1.59. The lowest BCUT2D eigenvalue weighted by atomic mass is 10.1. The van der Waals surface area contributed by atoms with Crippen molar-refractivity contribution in [3.63, 3.8) is 0 Å². The van der Waals surface area contributed by atoms with E-state index < -0.39 is 6.10 Å². The summed E-state index contributed by atoms with van der Waals surface area (Å²) < 4.78 is 5.85. The number of aliphatic hydroxyl groups is 1. The minimum absolute atomic E-state index is 0.251. The van der Waals surface area contributed by atoms with Crippen molar-refractivity contribution in [3.8, 4) is 0 Å². The topological polar surface area (TPSA) is 53.0 Å². The molecule has 4 rings (SSSR count). The van der Waals surface area contributed by atoms with E-state index in [9.17, 15) is 9.90 Å². The molecule has 3 atom stereocenters. The molecule has 0 saturated carbocycles. The quantitative estimate of drug-likeness (QED) is 0.832. The molecule has 5 nitrogen and oxygen atoms in total. The maximum Gasteiger partial charge on any atom is 0.260 e. The molecule has 1 N–H and O–H groups in total. The molecule has 1 aromatic rings. The fourth-order valence-corrected chi connectivity index (χ4v) is 3.51. The van der Waals surface area contributed by atoms with Crippen LogP contribution in [0.25, 0.3) is 0 Å². The number of rotatable bonds is 1. The predicted octanol–water partition coefficient (Wildman–Crippen LogP) is 1.06. The third-order valence-corrected chi connectivity index (χ3v) is 4.64. The van der Waals surface area contributed by atoms with Gasteiger partial charge in [0.1, 0.15) is 0 Å². The summed E-state index contributed by atoms with van der Waals surface area (Å²) in [5.41, 5.74) is 2.63. The van der Waals surface area contributed by atoms with Crippen LogP contribution in [0.4, 0.5) is 11.4 Å². The number of amides is 1. The molecule has 3 aliphatic rings. The lowest BCUT2D eigenvalue weighted by Gasteiger charge is -2.34. The Bertz CT molecular complexity index is 562. The highest BCUT2D eigenvalue weighted by atomic mass is 16.5. The molecule has 3 heterocycles. The van der Waals surface area contributed by atoms with Crippen LogP contribution in [0, 0.1) is 0 Å². The summed E-state index contributed by atoms with van der Waals surface area (Å²) in [5, 5.41) is 9.89. The molecule has 0 radical (unpaired) electrons. The molecule has 3 aliphatic heterocycles. The number of hydrogen-bond donors (Lipinski definition) is 1. The van der Waals surface area contributed by atoms with E-state index >= 15 is 0 Å². The van der Waals surface area contributed by atoms with E-state index in [1.54, 1.807) is 11.9 Å². The number of carbonyl (C=O) groups excluding carboxylic acids is 1. The van der Waals surface area contributed by atoms with Gasteiger partial charge in [-0.1, -0.05) is 6.07 Å². The molecule has 2 fully saturated rings. The first-order valence-electron chi connectivity index (χ1n) is 7.13. The maximum absolute atomic E-state index is 11.8. The van der Waals surface area contributed by atoms with Crippen molar-refractivity contribution >= 4 is 17.3 Å². The highest BCUT2D eigenvalue weighted by molar-refractivity contribution is 6.03. The summed E-state index contributed by atoms with van der Waals surface area (Å²) >= 11 is 0. The van der Waals surface area contributed by atoms with Gasteiger partial charge in [0.2, 0.25) is 0 Å². The predicted molar refractivity (Wildman–Crippen MR) is 74.9 cm³/mol. The fourth-order valence-electron chi connectivity index (χ4n) is 3.51. The number of benzene rings is 1. The largest absolute Gasteiger partial charge is 0.378 e. The fraction of sp³-hybridized carbons (Fsp3) is 0.533. The van der Waals surface area contributed by atoms with Gasteiger partial charge in [-0.15, -0.1) is 0 Å². The number of fused-ring (bicyclic) bond motifs is 3. The number of aliphatic hydroxyl groups excluding tert-OH is 1. The van der Waals surface area contributed by atoms with E-state index in [-0.39, 0.29) is 5.91 Å². The first-order chi connectivity index (χ1) is 9.63. The number of hydrogen-bond acceptors (Lipinski definition) is 4. The summed E-state index contributed by atoms with van der Waals surface area (Å²) in [5.74, 6) is -0.251. The molecule has 20 heavy (non-hydrogen) atoms. The second-order valence-corrected chi connectivity index (χ2v) is 5.91. The molecule has 0 aliphatic carbocycles. The number of ether oxygens (including phenoxy) is 1. The Morgan fingerprint density at radius 2 is 1.95 bits per heavy atom. The minimum Gasteiger partial charge on any atom is -0.378 e. The van der Waals surface area contributed by atoms with Crippen molar-refractivity contribution in [2.45, 2.75) is 31.2 Å². The van der Waals surface area contributed by atoms with Crippen LogP contribution >= 0.6 is 0 Å². The van der Waals surface area contributed by atoms with Crippen molar-refractivity contribution in [2.24, 2.45) is 0 Å². The summed E-state index contributed by atoms with van der Waals surface area (Å²) in [6.07, 6.45) is 1.95. The SMILES string of the molecule is CN1C(=O)C(O)c2ccc(N3CC4CCC(C3)O4)cc21. The standard InChI is InChI=1S/C15H18N2O3/c1-16-13-6-9(2-5-12(13)14(18)15(16)19)17-7-10-3-4-11(8-17)20-10/h2,5-6,10-11,14,18H,3-4,7-8H2,1H3. The van der Waals surface area contributed by atoms with Gasteiger partial charge in [-0.25, -0.2) is 0 Å². The van der Waals surface area contributed by atoms with Crippen molar-refractivity contribution in [3.05, 3.63) is 23.8 Å². The van der Waals surface area contributed by atoms with Gasteiger partial charge in [-0.2, -0.15) is 0 Å². The zero-order valence-electron chi connectivity index (χ0n) is 11.5. The van der Waals surface area contributed by atoms with Crippen LogP contribution in [0.2, 0.25) is 0 Å². The molecule has 3 unspecified atom stereocenters. The number of morpholine rings is 1. The van der Waals surface area contributed by atoms with E-state index in [0.717, 1.165) is 37.3 Å². The van der Waals surface area contributed by atoms with Crippen LogP contribution in [0.15, 0.2) is 18.2 Å². The van der Waals surface area contributed by atoms with Crippen molar-refractivity contribution < 1.29 is 14.6 Å². The molecule has 0 spiro atoms. The zero-order chi connectivity index (χ0) is 13.9. The minimum atomic E-state index is -1.01. The number of nitrogens with zero attached hydrogens (tertiary/aromatic N) is 2. The Morgan fingerprint density at radius 3 is 2.65 bits per heavy atom. The number of carbonyl (C=O) groups is 1. The Labute approximate surface area is 117 Å². The second kappa shape index (κ2) is 4.20. The Morgan fingerprint density at radius 1 is 1.25 bits per heavy atom. The third-order valence-electron chi connectivity index (χ3n) is 4.64. The molecule has 106 valence electrons. The van der Waals surface area contributed by atoms with Crippen molar-refractivity contribution in [1.82, 2.24) is 0 Å². The second-order valence-electron chi connectivity index (χ2n) is 5.91. The van der Waals surface area contributed by atoms with Gasteiger partial charge >= 0.3 is 0 Å². The van der Waals surface area contributed by atoms with Gasteiger partial charge in [0.25, 0.3) is 5.91 Å². The zero-order valence-corrected chi connectivity index (χ0v) is 11.5. The molecular weight excluding hydrogens is 256 g/mol. The normalized spacial score (nSPS) is 31.9. The van der Waals surface area contributed by atoms with Crippen LogP contribution < -0.4 is 9.80 Å². The van der Waals surface area contributed by atoms with E-state index in [0.29, 0.717) is 17.8 Å². The van der Waals surface area contributed by atoms with Gasteiger partial charge in [-0.3, -0.25) is 4.79 Å². The third kappa shape index (κ3) is 1.66. The van der Waals surface area contributed by atoms with Crippen molar-refractivity contribution in [2.75, 3.05) is 29.9 Å². The first kappa shape index (κ1) is 12.2. The van der Waals surface area contributed by atoms with E-state index in [2.05, 4.69) is 4.90 Å². The smallest absolute Gasteiger partial charge is 0.260 e. The Balaban J connectivity index is 1.66. The molecule has 5 heteroatoms. The molecule has 0 aromatic heterocycles. The van der Waals surface area contributed by atoms with Crippen LogP contribution in [-0.2, 0) is 9.53 Å². The summed E-state index contributed by atoms with van der Waals surface area (Å²) in [4.78, 5) is 15.7. The van der Waals surface area contributed by atoms with Gasteiger partial charge in [0, 0.05) is 31.4 Å². The lowest BCUT2D eigenvalue weighted by molar-refractivity contribution is -0.125. The number of anilines is 2. The Kier molecular flexibility index (Phi) is 2.56. The lowest BCUT2D eigenvalue weighted by Crippen LogP contribution is -2.42. The van der Waals surface area contributed by atoms with E-state index in [4.69, 9.17) is 4.74 Å². The van der Waals surface area contributed by atoms with Crippen LogP contribution in [0.5, 0.6) is 0 Å². The van der Waals surface area contributed by atoms with E-state index in [1.165, 1.54) is 0 Å². The average Bonchev–Trinajstić information content (AvgIpc) is 2.91. The monoisotopic (exact) mass is 274 g/mol. The van der Waals surface area contributed by atoms with Gasteiger partial charge in [-0.05, 0) is 25.0 Å². The van der Waals surface area contributed by atoms with Gasteiger partial charge < -0.3 is 19.6 Å². The highest BCUT2D eigenvalue weighted by Gasteiger charge is 2.36. The maximum atomic E-state index is 11.8. The molecule has 2 bridgehead atoms. The molecule has 2 saturated heterocycles. The van der Waals surface area contributed by atoms with Gasteiger partial charge in [0.15, 0.2) is 6.10 Å². The van der Waals surface area contributed by atoms with Crippen LogP contribution in [0.1, 0.15) is 24.5 Å². The summed E-state index contributed by atoms with van der Waals surface area (Å²) in [6, 6.07) is 5.88. The summed E-state index contributed by atoms with van der Waals surface area (Å²) in [6.45, 7) is 1.82. The van der Waals surface area contributed by atoms with Crippen molar-refractivity contribution in [1.29, 1.82) is 0 Å². The highest BCUT2D eigenvalue weighted by Crippen LogP contribution is 2.38.